The van der Waals surface area contributed by atoms with Crippen LogP contribution in [0, 0.1) is 0 Å². The summed E-state index contributed by atoms with van der Waals surface area (Å²) in [6.07, 6.45) is 0.344. The van der Waals surface area contributed by atoms with E-state index >= 15 is 0 Å². The molecule has 0 aliphatic heterocycles. The average Bonchev–Trinajstić information content (AvgIpc) is 2.52. The van der Waals surface area contributed by atoms with Crippen LogP contribution in [0.15, 0.2) is 0 Å². The minimum Gasteiger partial charge on any atom is -0.357 e. The highest BCUT2D eigenvalue weighted by molar-refractivity contribution is 7.80. The molecule has 0 aromatic carbocycles. The fraction of sp³-hybridized carbons (Fsp3) is 0.750. The van der Waals surface area contributed by atoms with Crippen LogP contribution in [0.4, 0.5) is 0 Å². The molecule has 0 radical (unpaired) electrons. The number of carbonyl (C=O) groups excluding carboxylic acids is 3. The SMILES string of the molecule is CNC(=O)[C@@H](CS)NC(=O)[C@@H](CCS)NC(=O)[C@@H](CS)NC. The van der Waals surface area contributed by atoms with E-state index in [-0.39, 0.29) is 17.6 Å². The monoisotopic (exact) mass is 368 g/mol. The molecule has 0 unspecified atom stereocenters. The summed E-state index contributed by atoms with van der Waals surface area (Å²) in [4.78, 5) is 35.8. The van der Waals surface area contributed by atoms with Gasteiger partial charge in [-0.25, -0.2) is 0 Å². The Morgan fingerprint density at radius 3 is 1.73 bits per heavy atom. The Hall–Kier alpha value is -0.580. The summed E-state index contributed by atoms with van der Waals surface area (Å²) < 4.78 is 0. The summed E-state index contributed by atoms with van der Waals surface area (Å²) in [5.41, 5.74) is 0. The molecule has 7 nitrogen and oxygen atoms in total. The lowest BCUT2D eigenvalue weighted by molar-refractivity contribution is -0.132. The Kier molecular flexibility index (Phi) is 11.6. The summed E-state index contributed by atoms with van der Waals surface area (Å²) >= 11 is 12.2. The molecule has 0 saturated carbocycles. The van der Waals surface area contributed by atoms with Crippen LogP contribution in [0.1, 0.15) is 6.42 Å². The molecule has 0 aromatic rings. The van der Waals surface area contributed by atoms with Gasteiger partial charge in [-0.1, -0.05) is 0 Å². The number of thiol groups is 3. The number of hydrogen-bond acceptors (Lipinski definition) is 7. The number of likely N-dealkylation sites (N-methyl/N-ethyl adjacent to an activating group) is 2. The van der Waals surface area contributed by atoms with Gasteiger partial charge in [-0.2, -0.15) is 37.9 Å². The first-order chi connectivity index (χ1) is 10.4. The standard InChI is InChI=1S/C12H24N4O3S3/c1-13-8(5-21)12(19)15-7(3-4-20)11(18)16-9(6-22)10(17)14-2/h7-9,13,20-22H,3-6H2,1-2H3,(H,14,17)(H,15,19)(H,16,18)/t7-,8-,9-/m1/s1. The fourth-order valence-electron chi connectivity index (χ4n) is 1.62. The number of carbonyl (C=O) groups is 3. The van der Waals surface area contributed by atoms with Gasteiger partial charge in [0.25, 0.3) is 0 Å². The second kappa shape index (κ2) is 11.9. The first kappa shape index (κ1) is 21.4. The summed E-state index contributed by atoms with van der Waals surface area (Å²) in [5, 5.41) is 10.5. The molecule has 0 heterocycles. The Morgan fingerprint density at radius 1 is 0.818 bits per heavy atom. The maximum absolute atomic E-state index is 12.2. The number of hydrogen-bond donors (Lipinski definition) is 7. The van der Waals surface area contributed by atoms with Crippen molar-refractivity contribution in [3.63, 3.8) is 0 Å². The van der Waals surface area contributed by atoms with Gasteiger partial charge < -0.3 is 21.3 Å². The second-order valence-electron chi connectivity index (χ2n) is 4.46. The molecule has 128 valence electrons. The molecular weight excluding hydrogens is 344 g/mol. The van der Waals surface area contributed by atoms with E-state index in [2.05, 4.69) is 59.2 Å². The van der Waals surface area contributed by atoms with Gasteiger partial charge in [0.15, 0.2) is 0 Å². The number of rotatable bonds is 10. The Labute approximate surface area is 147 Å². The minimum atomic E-state index is -0.771. The summed E-state index contributed by atoms with van der Waals surface area (Å²) in [5.74, 6) is -0.254. The average molecular weight is 369 g/mol. The first-order valence-corrected chi connectivity index (χ1v) is 8.67. The van der Waals surface area contributed by atoms with Crippen molar-refractivity contribution in [1.82, 2.24) is 21.3 Å². The predicted octanol–water partition coefficient (Wildman–Crippen LogP) is -1.53. The quantitative estimate of drug-likeness (QED) is 0.238. The van der Waals surface area contributed by atoms with Gasteiger partial charge in [-0.05, 0) is 19.2 Å². The van der Waals surface area contributed by atoms with E-state index in [0.717, 1.165) is 0 Å². The van der Waals surface area contributed by atoms with E-state index in [1.54, 1.807) is 7.05 Å². The lowest BCUT2D eigenvalue weighted by Crippen LogP contribution is -2.56. The van der Waals surface area contributed by atoms with E-state index in [1.165, 1.54) is 7.05 Å². The van der Waals surface area contributed by atoms with E-state index < -0.39 is 24.0 Å². The van der Waals surface area contributed by atoms with Crippen LogP contribution >= 0.6 is 37.9 Å². The van der Waals surface area contributed by atoms with Gasteiger partial charge in [0.2, 0.25) is 17.7 Å². The van der Waals surface area contributed by atoms with Gasteiger partial charge >= 0.3 is 0 Å². The zero-order chi connectivity index (χ0) is 17.1. The van der Waals surface area contributed by atoms with Crippen LogP contribution in [0.2, 0.25) is 0 Å². The minimum absolute atomic E-state index is 0.155. The highest BCUT2D eigenvalue weighted by Gasteiger charge is 2.26. The van der Waals surface area contributed by atoms with Crippen molar-refractivity contribution in [3.8, 4) is 0 Å². The third kappa shape index (κ3) is 7.12. The Bertz CT molecular complexity index is 381. The zero-order valence-electron chi connectivity index (χ0n) is 12.6. The molecule has 4 N–H and O–H groups in total. The van der Waals surface area contributed by atoms with Crippen LogP contribution in [-0.2, 0) is 14.4 Å². The third-order valence-corrected chi connectivity index (χ3v) is 3.95. The highest BCUT2D eigenvalue weighted by Crippen LogP contribution is 1.99. The van der Waals surface area contributed by atoms with Crippen molar-refractivity contribution in [1.29, 1.82) is 0 Å². The van der Waals surface area contributed by atoms with Crippen molar-refractivity contribution in [2.45, 2.75) is 24.5 Å². The van der Waals surface area contributed by atoms with Gasteiger partial charge in [0.05, 0.1) is 6.04 Å². The fourth-order valence-corrected chi connectivity index (χ4v) is 2.48. The van der Waals surface area contributed by atoms with Crippen LogP contribution in [0.5, 0.6) is 0 Å². The van der Waals surface area contributed by atoms with Gasteiger partial charge in [-0.3, -0.25) is 14.4 Å². The van der Waals surface area contributed by atoms with Gasteiger partial charge in [0.1, 0.15) is 12.1 Å². The molecule has 0 rings (SSSR count). The first-order valence-electron chi connectivity index (χ1n) is 6.77. The summed E-state index contributed by atoms with van der Waals surface area (Å²) in [6, 6.07) is -2.03. The van der Waals surface area contributed by atoms with E-state index in [9.17, 15) is 14.4 Å². The van der Waals surface area contributed by atoms with Crippen molar-refractivity contribution >= 4 is 55.6 Å². The summed E-state index contributed by atoms with van der Waals surface area (Å²) in [6.45, 7) is 0. The maximum Gasteiger partial charge on any atom is 0.243 e. The molecule has 0 spiro atoms. The summed E-state index contributed by atoms with van der Waals surface area (Å²) in [7, 11) is 3.11. The molecule has 0 aromatic heterocycles. The van der Waals surface area contributed by atoms with Crippen molar-refractivity contribution in [3.05, 3.63) is 0 Å². The lowest BCUT2D eigenvalue weighted by atomic mass is 10.1. The number of amides is 3. The zero-order valence-corrected chi connectivity index (χ0v) is 15.3. The van der Waals surface area contributed by atoms with Crippen LogP contribution < -0.4 is 21.3 Å². The third-order valence-electron chi connectivity index (χ3n) is 2.96. The van der Waals surface area contributed by atoms with Gasteiger partial charge in [-0.15, -0.1) is 0 Å². The van der Waals surface area contributed by atoms with Crippen LogP contribution in [0.25, 0.3) is 0 Å². The van der Waals surface area contributed by atoms with E-state index in [4.69, 9.17) is 0 Å². The lowest BCUT2D eigenvalue weighted by Gasteiger charge is -2.23. The molecule has 0 fully saturated rings. The molecule has 0 bridgehead atoms. The van der Waals surface area contributed by atoms with Crippen LogP contribution in [-0.4, -0.2) is 67.2 Å². The van der Waals surface area contributed by atoms with Crippen LogP contribution in [0.3, 0.4) is 0 Å². The Balaban J connectivity index is 4.82. The Morgan fingerprint density at radius 2 is 1.32 bits per heavy atom. The second-order valence-corrected chi connectivity index (χ2v) is 5.63. The largest absolute Gasteiger partial charge is 0.357 e. The molecule has 3 atom stereocenters. The molecule has 0 aliphatic carbocycles. The van der Waals surface area contributed by atoms with E-state index in [1.807, 2.05) is 0 Å². The molecule has 10 heteroatoms. The number of nitrogens with one attached hydrogen (secondary N) is 4. The predicted molar refractivity (Wildman–Crippen MR) is 97.0 cm³/mol. The van der Waals surface area contributed by atoms with Gasteiger partial charge in [0, 0.05) is 18.6 Å². The highest BCUT2D eigenvalue weighted by atomic mass is 32.1. The van der Waals surface area contributed by atoms with Crippen molar-refractivity contribution < 1.29 is 14.4 Å². The maximum atomic E-state index is 12.2. The topological polar surface area (TPSA) is 99.3 Å². The normalized spacial score (nSPS) is 14.6. The molecule has 0 aliphatic rings. The van der Waals surface area contributed by atoms with Crippen molar-refractivity contribution in [2.75, 3.05) is 31.4 Å². The molecule has 22 heavy (non-hydrogen) atoms. The smallest absolute Gasteiger partial charge is 0.243 e. The molecular formula is C12H24N4O3S3. The molecule has 0 saturated heterocycles. The molecule has 3 amide bonds. The van der Waals surface area contributed by atoms with Crippen molar-refractivity contribution in [2.24, 2.45) is 0 Å². The van der Waals surface area contributed by atoms with E-state index in [0.29, 0.717) is 17.9 Å².